The molecule has 33 heavy (non-hydrogen) atoms. The van der Waals surface area contributed by atoms with Crippen molar-refractivity contribution in [2.45, 2.75) is 53.4 Å². The second-order valence-electron chi connectivity index (χ2n) is 7.70. The number of aryl methyl sites for hydroxylation is 3. The molecule has 1 amide bonds. The first-order valence-corrected chi connectivity index (χ1v) is 10.1. The maximum atomic E-state index is 13.0. The SMILES string of the molecule is Cc1nn(Cc2cccc(C(F)(F)F)c2)c(C)c1NC(=O)CCn1nc(C)c([N+](=O)[O-])c1C. The van der Waals surface area contributed by atoms with Gasteiger partial charge < -0.3 is 5.32 Å². The van der Waals surface area contributed by atoms with Gasteiger partial charge in [-0.3, -0.25) is 24.3 Å². The summed E-state index contributed by atoms with van der Waals surface area (Å²) in [4.78, 5) is 23.1. The van der Waals surface area contributed by atoms with Crippen molar-refractivity contribution >= 4 is 17.3 Å². The Morgan fingerprint density at radius 3 is 2.36 bits per heavy atom. The quantitative estimate of drug-likeness (QED) is 0.414. The molecule has 3 aromatic rings. The van der Waals surface area contributed by atoms with Crippen LogP contribution in [0.3, 0.4) is 0 Å². The molecule has 0 bridgehead atoms. The molecule has 12 heteroatoms. The average Bonchev–Trinajstić information content (AvgIpc) is 3.15. The van der Waals surface area contributed by atoms with Gasteiger partial charge in [0.1, 0.15) is 11.4 Å². The summed E-state index contributed by atoms with van der Waals surface area (Å²) in [7, 11) is 0. The van der Waals surface area contributed by atoms with E-state index in [1.165, 1.54) is 22.4 Å². The van der Waals surface area contributed by atoms with Gasteiger partial charge in [-0.15, -0.1) is 0 Å². The van der Waals surface area contributed by atoms with Gasteiger partial charge in [0.15, 0.2) is 0 Å². The molecule has 0 fully saturated rings. The number of halogens is 3. The smallest absolute Gasteiger partial charge is 0.323 e. The molecule has 3 rings (SSSR count). The molecule has 2 aromatic heterocycles. The first kappa shape index (κ1) is 24.0. The summed E-state index contributed by atoms with van der Waals surface area (Å²) >= 11 is 0. The number of amides is 1. The van der Waals surface area contributed by atoms with Crippen LogP contribution >= 0.6 is 0 Å². The number of carbonyl (C=O) groups excluding carboxylic acids is 1. The minimum absolute atomic E-state index is 0.0246. The number of alkyl halides is 3. The minimum Gasteiger partial charge on any atom is -0.323 e. The lowest BCUT2D eigenvalue weighted by Gasteiger charge is -2.10. The highest BCUT2D eigenvalue weighted by Gasteiger charge is 2.30. The third-order valence-electron chi connectivity index (χ3n) is 5.31. The fourth-order valence-electron chi connectivity index (χ4n) is 3.63. The van der Waals surface area contributed by atoms with Crippen molar-refractivity contribution in [3.05, 3.63) is 68.3 Å². The van der Waals surface area contributed by atoms with Crippen LogP contribution in [-0.4, -0.2) is 30.4 Å². The lowest BCUT2D eigenvalue weighted by molar-refractivity contribution is -0.386. The topological polar surface area (TPSA) is 108 Å². The fraction of sp³-hybridized carbons (Fsp3) is 0.381. The summed E-state index contributed by atoms with van der Waals surface area (Å²) in [6.45, 7) is 6.78. The molecule has 1 aromatic carbocycles. The summed E-state index contributed by atoms with van der Waals surface area (Å²) in [5, 5.41) is 22.4. The van der Waals surface area contributed by atoms with E-state index in [4.69, 9.17) is 0 Å². The standard InChI is InChI=1S/C21H23F3N6O3/c1-12-19(25-18(31)8-9-28-15(4)20(30(32)33)13(2)27-28)14(3)29(26-12)11-16-6-5-7-17(10-16)21(22,23)24/h5-7,10H,8-9,11H2,1-4H3,(H,25,31). The number of carbonyl (C=O) groups is 1. The highest BCUT2D eigenvalue weighted by atomic mass is 19.4. The number of anilines is 1. The zero-order valence-electron chi connectivity index (χ0n) is 18.5. The third-order valence-corrected chi connectivity index (χ3v) is 5.31. The van der Waals surface area contributed by atoms with Crippen LogP contribution in [-0.2, 0) is 24.1 Å². The first-order valence-electron chi connectivity index (χ1n) is 10.1. The number of nitrogens with zero attached hydrogens (tertiary/aromatic N) is 5. The molecule has 1 N–H and O–H groups in total. The summed E-state index contributed by atoms with van der Waals surface area (Å²) < 4.78 is 41.9. The molecule has 2 heterocycles. The molecule has 0 spiro atoms. The van der Waals surface area contributed by atoms with Crippen LogP contribution in [0.2, 0.25) is 0 Å². The fourth-order valence-corrected chi connectivity index (χ4v) is 3.63. The van der Waals surface area contributed by atoms with Crippen molar-refractivity contribution in [1.29, 1.82) is 0 Å². The predicted molar refractivity (Wildman–Crippen MR) is 114 cm³/mol. The number of nitrogens with one attached hydrogen (secondary N) is 1. The van der Waals surface area contributed by atoms with E-state index in [0.717, 1.165) is 12.1 Å². The Balaban J connectivity index is 1.70. The number of benzene rings is 1. The molecule has 0 unspecified atom stereocenters. The number of hydrogen-bond donors (Lipinski definition) is 1. The Kier molecular flexibility index (Phi) is 6.56. The van der Waals surface area contributed by atoms with Crippen molar-refractivity contribution in [3.8, 4) is 0 Å². The Labute approximate surface area is 187 Å². The monoisotopic (exact) mass is 464 g/mol. The molecule has 0 saturated heterocycles. The molecular formula is C21H23F3N6O3. The van der Waals surface area contributed by atoms with Crippen LogP contribution < -0.4 is 5.32 Å². The van der Waals surface area contributed by atoms with Gasteiger partial charge >= 0.3 is 11.9 Å². The van der Waals surface area contributed by atoms with Crippen LogP contribution in [0, 0.1) is 37.8 Å². The van der Waals surface area contributed by atoms with Crippen LogP contribution in [0.5, 0.6) is 0 Å². The molecule has 0 radical (unpaired) electrons. The maximum Gasteiger partial charge on any atom is 0.416 e. The molecule has 176 valence electrons. The van der Waals surface area contributed by atoms with Crippen molar-refractivity contribution < 1.29 is 22.9 Å². The lowest BCUT2D eigenvalue weighted by atomic mass is 10.1. The highest BCUT2D eigenvalue weighted by molar-refractivity contribution is 5.91. The highest BCUT2D eigenvalue weighted by Crippen LogP contribution is 2.30. The zero-order chi connectivity index (χ0) is 24.5. The number of rotatable bonds is 7. The van der Waals surface area contributed by atoms with Gasteiger partial charge in [0.2, 0.25) is 5.91 Å². The van der Waals surface area contributed by atoms with Crippen molar-refractivity contribution in [3.63, 3.8) is 0 Å². The maximum absolute atomic E-state index is 13.0. The van der Waals surface area contributed by atoms with Gasteiger partial charge in [-0.1, -0.05) is 12.1 Å². The third kappa shape index (κ3) is 5.21. The molecule has 0 aliphatic rings. The van der Waals surface area contributed by atoms with Crippen LogP contribution in [0.15, 0.2) is 24.3 Å². The minimum atomic E-state index is -4.43. The first-order chi connectivity index (χ1) is 15.4. The number of nitro groups is 1. The molecule has 0 aliphatic heterocycles. The van der Waals surface area contributed by atoms with Gasteiger partial charge in [-0.25, -0.2) is 0 Å². The summed E-state index contributed by atoms with van der Waals surface area (Å²) in [6, 6.07) is 5.00. The van der Waals surface area contributed by atoms with E-state index >= 15 is 0 Å². The van der Waals surface area contributed by atoms with Gasteiger partial charge in [-0.2, -0.15) is 23.4 Å². The van der Waals surface area contributed by atoms with E-state index in [-0.39, 0.29) is 36.8 Å². The van der Waals surface area contributed by atoms with E-state index in [0.29, 0.717) is 28.3 Å². The van der Waals surface area contributed by atoms with Crippen LogP contribution in [0.4, 0.5) is 24.5 Å². The van der Waals surface area contributed by atoms with Crippen molar-refractivity contribution in [2.24, 2.45) is 0 Å². The summed E-state index contributed by atoms with van der Waals surface area (Å²) in [6.07, 6.45) is -4.41. The Morgan fingerprint density at radius 2 is 1.76 bits per heavy atom. The average molecular weight is 464 g/mol. The lowest BCUT2D eigenvalue weighted by Crippen LogP contribution is -2.16. The van der Waals surface area contributed by atoms with Crippen molar-refractivity contribution in [1.82, 2.24) is 19.6 Å². The molecular weight excluding hydrogens is 441 g/mol. The molecule has 0 atom stereocenters. The molecule has 0 aliphatic carbocycles. The molecule has 0 saturated carbocycles. The van der Waals surface area contributed by atoms with E-state index in [9.17, 15) is 28.1 Å². The summed E-state index contributed by atoms with van der Waals surface area (Å²) in [5.41, 5.74) is 1.87. The number of aromatic nitrogens is 4. The second kappa shape index (κ2) is 9.04. The predicted octanol–water partition coefficient (Wildman–Crippen LogP) is 4.32. The largest absolute Gasteiger partial charge is 0.416 e. The van der Waals surface area contributed by atoms with Gasteiger partial charge in [0.25, 0.3) is 0 Å². The van der Waals surface area contributed by atoms with E-state index in [1.807, 2.05) is 0 Å². The van der Waals surface area contributed by atoms with E-state index < -0.39 is 16.7 Å². The second-order valence-corrected chi connectivity index (χ2v) is 7.70. The molecule has 9 nitrogen and oxygen atoms in total. The Hall–Kier alpha value is -3.70. The van der Waals surface area contributed by atoms with Gasteiger partial charge in [-0.05, 0) is 45.4 Å². The normalized spacial score (nSPS) is 11.6. The Bertz CT molecular complexity index is 1210. The summed E-state index contributed by atoms with van der Waals surface area (Å²) in [5.74, 6) is -0.338. The van der Waals surface area contributed by atoms with Gasteiger partial charge in [0, 0.05) is 6.42 Å². The van der Waals surface area contributed by atoms with Crippen LogP contribution in [0.1, 0.15) is 40.3 Å². The zero-order valence-corrected chi connectivity index (χ0v) is 18.5. The van der Waals surface area contributed by atoms with Gasteiger partial charge in [0.05, 0.1) is 40.7 Å². The van der Waals surface area contributed by atoms with Crippen LogP contribution in [0.25, 0.3) is 0 Å². The van der Waals surface area contributed by atoms with E-state index in [2.05, 4.69) is 15.5 Å². The van der Waals surface area contributed by atoms with Crippen molar-refractivity contribution in [2.75, 3.05) is 5.32 Å². The number of hydrogen-bond acceptors (Lipinski definition) is 5. The van der Waals surface area contributed by atoms with E-state index in [1.54, 1.807) is 26.8 Å². The Morgan fingerprint density at radius 1 is 1.09 bits per heavy atom.